The Bertz CT molecular complexity index is 868. The van der Waals surface area contributed by atoms with Crippen LogP contribution in [0.2, 0.25) is 17.3 Å². The van der Waals surface area contributed by atoms with Crippen LogP contribution < -0.4 is 48.7 Å². The molecule has 0 radical (unpaired) electrons. The van der Waals surface area contributed by atoms with Crippen LogP contribution in [0.25, 0.3) is 0 Å². The topological polar surface area (TPSA) is 0 Å². The normalized spacial score (nSPS) is 11.5. The van der Waals surface area contributed by atoms with Gasteiger partial charge < -0.3 is 0 Å². The number of halogens is 4. The van der Waals surface area contributed by atoms with E-state index in [2.05, 4.69) is 24.3 Å². The maximum atomic E-state index is 6.30. The summed E-state index contributed by atoms with van der Waals surface area (Å²) in [7, 11) is 0. The van der Waals surface area contributed by atoms with Crippen LogP contribution in [0.15, 0.2) is 48.5 Å². The third kappa shape index (κ3) is 3.88. The molecular formula is C16H8BCl4NaS4. The minimum atomic E-state index is -1.40. The van der Waals surface area contributed by atoms with E-state index < -0.39 is 6.15 Å². The SMILES string of the molecule is Clc1ccc([B-](c2ccc(Cl)s2)(c2ccc(Cl)s2)c2ccc(Cl)s2)s1.[Na+]. The summed E-state index contributed by atoms with van der Waals surface area (Å²) in [6, 6.07) is 16.2. The Hall–Kier alpha value is 1.02. The molecule has 0 unspecified atom stereocenters. The summed E-state index contributed by atoms with van der Waals surface area (Å²) in [5, 5.41) is 0. The first-order valence-corrected chi connectivity index (χ1v) is 12.0. The second-order valence-electron chi connectivity index (χ2n) is 5.43. The standard InChI is InChI=1S/C16H8BCl4S4.Na/c18-13-5-1-9(22-13)17(10-2-6-14(19)23-10,11-3-7-15(20)24-11)12-4-8-16(21)25-12;/h1-8H;/q-1;+1. The molecule has 4 aromatic heterocycles. The fraction of sp³-hybridized carbons (Fsp3) is 0. The van der Waals surface area contributed by atoms with Gasteiger partial charge in [-0.15, -0.1) is 19.1 Å². The quantitative estimate of drug-likeness (QED) is 0.376. The smallest absolute Gasteiger partial charge is 0.170 e. The fourth-order valence-electron chi connectivity index (χ4n) is 3.09. The Kier molecular flexibility index (Phi) is 7.36. The predicted molar refractivity (Wildman–Crippen MR) is 122 cm³/mol. The molecule has 0 N–H and O–H groups in total. The van der Waals surface area contributed by atoms with E-state index in [-0.39, 0.29) is 29.6 Å². The van der Waals surface area contributed by atoms with Crippen molar-refractivity contribution >= 4 is 117 Å². The zero-order chi connectivity index (χ0) is 17.6. The second-order valence-corrected chi connectivity index (χ2v) is 12.4. The zero-order valence-corrected chi connectivity index (χ0v) is 21.6. The van der Waals surface area contributed by atoms with Crippen molar-refractivity contribution in [2.45, 2.75) is 0 Å². The van der Waals surface area contributed by atoms with Gasteiger partial charge in [-0.05, 0) is 24.3 Å². The van der Waals surface area contributed by atoms with Gasteiger partial charge >= 0.3 is 29.6 Å². The molecule has 0 nitrogen and oxygen atoms in total. The van der Waals surface area contributed by atoms with E-state index in [4.69, 9.17) is 46.4 Å². The van der Waals surface area contributed by atoms with Crippen molar-refractivity contribution in [1.82, 2.24) is 0 Å². The monoisotopic (exact) mass is 502 g/mol. The first kappa shape index (κ1) is 21.7. The van der Waals surface area contributed by atoms with Gasteiger partial charge in [0.1, 0.15) is 6.15 Å². The van der Waals surface area contributed by atoms with E-state index in [1.165, 1.54) is 19.1 Å². The molecule has 4 rings (SSSR count). The molecule has 0 aliphatic carbocycles. The third-order valence-electron chi connectivity index (χ3n) is 4.08. The molecule has 0 fully saturated rings. The fourth-order valence-corrected chi connectivity index (χ4v) is 9.07. The van der Waals surface area contributed by atoms with E-state index in [9.17, 15) is 0 Å². The van der Waals surface area contributed by atoms with Crippen molar-refractivity contribution in [1.29, 1.82) is 0 Å². The van der Waals surface area contributed by atoms with Gasteiger partial charge in [0.05, 0.1) is 17.3 Å². The summed E-state index contributed by atoms with van der Waals surface area (Å²) in [6.45, 7) is 0. The minimum Gasteiger partial charge on any atom is -0.170 e. The summed E-state index contributed by atoms with van der Waals surface area (Å²) in [4.78, 5) is 0. The molecule has 0 aliphatic heterocycles. The van der Waals surface area contributed by atoms with Crippen LogP contribution in [0, 0.1) is 0 Å². The Balaban J connectivity index is 0.00000196. The molecule has 0 saturated carbocycles. The van der Waals surface area contributed by atoms with Crippen molar-refractivity contribution in [2.75, 3.05) is 0 Å². The molecule has 26 heavy (non-hydrogen) atoms. The third-order valence-corrected chi connectivity index (χ3v) is 9.74. The van der Waals surface area contributed by atoms with E-state index in [0.29, 0.717) is 0 Å². The maximum Gasteiger partial charge on any atom is 1.00 e. The molecular weight excluding hydrogens is 496 g/mol. The van der Waals surface area contributed by atoms with Crippen molar-refractivity contribution in [3.63, 3.8) is 0 Å². The van der Waals surface area contributed by atoms with Gasteiger partial charge in [0, 0.05) is 0 Å². The van der Waals surface area contributed by atoms with E-state index in [0.717, 1.165) is 17.3 Å². The average molecular weight is 504 g/mol. The first-order valence-electron chi connectivity index (χ1n) is 7.19. The molecule has 128 valence electrons. The second kappa shape index (κ2) is 8.80. The molecule has 0 amide bonds. The Labute approximate surface area is 209 Å². The number of hydrogen-bond donors (Lipinski definition) is 0. The molecule has 10 heteroatoms. The molecule has 0 aliphatic rings. The zero-order valence-electron chi connectivity index (χ0n) is 13.3. The van der Waals surface area contributed by atoms with Crippen molar-refractivity contribution < 1.29 is 29.6 Å². The molecule has 0 aromatic carbocycles. The van der Waals surface area contributed by atoms with Crippen LogP contribution in [0.3, 0.4) is 0 Å². The van der Waals surface area contributed by atoms with Gasteiger partial charge in [0.15, 0.2) is 0 Å². The van der Waals surface area contributed by atoms with Gasteiger partial charge in [-0.1, -0.05) is 70.7 Å². The number of rotatable bonds is 4. The Morgan fingerprint density at radius 1 is 0.462 bits per heavy atom. The summed E-state index contributed by atoms with van der Waals surface area (Å²) in [5.41, 5.74) is 0. The summed E-state index contributed by atoms with van der Waals surface area (Å²) in [5.74, 6) is 0. The summed E-state index contributed by atoms with van der Waals surface area (Å²) >= 11 is 31.6. The van der Waals surface area contributed by atoms with Crippen molar-refractivity contribution in [2.24, 2.45) is 0 Å². The molecule has 4 aromatic rings. The van der Waals surface area contributed by atoms with Gasteiger partial charge in [-0.25, -0.2) is 0 Å². The molecule has 4 heterocycles. The van der Waals surface area contributed by atoms with E-state index in [1.807, 2.05) is 24.3 Å². The molecule has 0 atom stereocenters. The van der Waals surface area contributed by atoms with Gasteiger partial charge in [-0.3, -0.25) is 0 Å². The molecule has 0 bridgehead atoms. The van der Waals surface area contributed by atoms with Crippen LogP contribution in [0.5, 0.6) is 0 Å². The van der Waals surface area contributed by atoms with Gasteiger partial charge in [0.25, 0.3) is 0 Å². The van der Waals surface area contributed by atoms with Crippen LogP contribution in [-0.2, 0) is 0 Å². The van der Waals surface area contributed by atoms with Crippen molar-refractivity contribution in [3.05, 3.63) is 65.9 Å². The predicted octanol–water partition coefficient (Wildman–Crippen LogP) is 2.93. The molecule has 0 saturated heterocycles. The minimum absolute atomic E-state index is 0. The summed E-state index contributed by atoms with van der Waals surface area (Å²) in [6.07, 6.45) is -1.40. The summed E-state index contributed by atoms with van der Waals surface area (Å²) < 4.78 is 7.76. The van der Waals surface area contributed by atoms with E-state index in [1.54, 1.807) is 45.3 Å². The van der Waals surface area contributed by atoms with Crippen LogP contribution in [0.4, 0.5) is 0 Å². The first-order chi connectivity index (χ1) is 12.0. The van der Waals surface area contributed by atoms with Crippen LogP contribution in [-0.4, -0.2) is 6.15 Å². The Morgan fingerprint density at radius 3 is 0.846 bits per heavy atom. The van der Waals surface area contributed by atoms with Crippen LogP contribution in [0.1, 0.15) is 0 Å². The number of thiophene rings is 4. The molecule has 0 spiro atoms. The maximum absolute atomic E-state index is 6.30. The Morgan fingerprint density at radius 2 is 0.692 bits per heavy atom. The largest absolute Gasteiger partial charge is 1.00 e. The average Bonchev–Trinajstić information content (AvgIpc) is 3.33. The number of hydrogen-bond acceptors (Lipinski definition) is 4. The van der Waals surface area contributed by atoms with E-state index >= 15 is 0 Å². The van der Waals surface area contributed by atoms with Gasteiger partial charge in [0.2, 0.25) is 0 Å². The van der Waals surface area contributed by atoms with Crippen LogP contribution >= 0.6 is 91.8 Å². The van der Waals surface area contributed by atoms with Crippen molar-refractivity contribution in [3.8, 4) is 0 Å². The van der Waals surface area contributed by atoms with Gasteiger partial charge in [-0.2, -0.15) is 45.3 Å².